The Kier molecular flexibility index (Phi) is 4.66. The molecule has 0 bridgehead atoms. The van der Waals surface area contributed by atoms with Gasteiger partial charge in [-0.1, -0.05) is 20.8 Å². The fourth-order valence-electron chi connectivity index (χ4n) is 3.63. The van der Waals surface area contributed by atoms with Crippen LogP contribution in [0.2, 0.25) is 0 Å². The maximum atomic E-state index is 12.1. The van der Waals surface area contributed by atoms with E-state index in [-0.39, 0.29) is 23.6 Å². The van der Waals surface area contributed by atoms with Gasteiger partial charge in [0.05, 0.1) is 6.10 Å². The van der Waals surface area contributed by atoms with Crippen LogP contribution in [0.5, 0.6) is 0 Å². The summed E-state index contributed by atoms with van der Waals surface area (Å²) in [5.41, 5.74) is 0.00786. The third kappa shape index (κ3) is 3.02. The van der Waals surface area contributed by atoms with Crippen molar-refractivity contribution < 1.29 is 9.53 Å². The minimum absolute atomic E-state index is 0.00786. The maximum absolute atomic E-state index is 12.1. The van der Waals surface area contributed by atoms with E-state index in [0.717, 1.165) is 24.3 Å². The Bertz CT molecular complexity index is 329. The van der Waals surface area contributed by atoms with Crippen LogP contribution in [0.1, 0.15) is 33.6 Å². The SMILES string of the molecule is CO[C@@H]1[C@@H](C)[C@@H](NC(=O)NC2CCSCC2)C1(C)C. The predicted octanol–water partition coefficient (Wildman–Crippen LogP) is 2.24. The van der Waals surface area contributed by atoms with Crippen LogP contribution in [0.15, 0.2) is 0 Å². The first-order valence-corrected chi connectivity index (χ1v) is 8.30. The fraction of sp³-hybridized carbons (Fsp3) is 0.929. The summed E-state index contributed by atoms with van der Waals surface area (Å²) >= 11 is 1.97. The van der Waals surface area contributed by atoms with Crippen molar-refractivity contribution in [2.75, 3.05) is 18.6 Å². The minimum Gasteiger partial charge on any atom is -0.380 e. The van der Waals surface area contributed by atoms with Crippen LogP contribution in [0.3, 0.4) is 0 Å². The van der Waals surface area contributed by atoms with Crippen molar-refractivity contribution in [3.63, 3.8) is 0 Å². The minimum atomic E-state index is -0.0172. The van der Waals surface area contributed by atoms with Gasteiger partial charge in [0.1, 0.15) is 0 Å². The predicted molar refractivity (Wildman–Crippen MR) is 79.5 cm³/mol. The third-order valence-electron chi connectivity index (χ3n) is 4.64. The Hall–Kier alpha value is -0.420. The van der Waals surface area contributed by atoms with Crippen molar-refractivity contribution in [2.24, 2.45) is 11.3 Å². The van der Waals surface area contributed by atoms with Crippen LogP contribution in [-0.2, 0) is 4.74 Å². The van der Waals surface area contributed by atoms with Crippen molar-refractivity contribution >= 4 is 17.8 Å². The average molecular weight is 286 g/mol. The van der Waals surface area contributed by atoms with E-state index in [1.54, 1.807) is 7.11 Å². The quantitative estimate of drug-likeness (QED) is 0.836. The summed E-state index contributed by atoms with van der Waals surface area (Å²) in [6, 6.07) is 0.518. The molecule has 5 heteroatoms. The molecule has 0 aromatic rings. The molecule has 2 N–H and O–H groups in total. The topological polar surface area (TPSA) is 50.4 Å². The zero-order chi connectivity index (χ0) is 14.0. The van der Waals surface area contributed by atoms with Gasteiger partial charge in [0.2, 0.25) is 0 Å². The van der Waals surface area contributed by atoms with Gasteiger partial charge in [0.25, 0.3) is 0 Å². The number of hydrogen-bond acceptors (Lipinski definition) is 3. The van der Waals surface area contributed by atoms with Gasteiger partial charge in [-0.2, -0.15) is 11.8 Å². The van der Waals surface area contributed by atoms with E-state index in [2.05, 4.69) is 31.4 Å². The number of urea groups is 1. The molecule has 1 saturated carbocycles. The van der Waals surface area contributed by atoms with Crippen LogP contribution in [0.25, 0.3) is 0 Å². The maximum Gasteiger partial charge on any atom is 0.315 e. The van der Waals surface area contributed by atoms with Crippen LogP contribution < -0.4 is 10.6 Å². The molecule has 4 nitrogen and oxygen atoms in total. The van der Waals surface area contributed by atoms with Crippen molar-refractivity contribution in [1.82, 2.24) is 10.6 Å². The first-order chi connectivity index (χ1) is 8.96. The van der Waals surface area contributed by atoms with Crippen LogP contribution >= 0.6 is 11.8 Å². The number of hydrogen-bond donors (Lipinski definition) is 2. The van der Waals surface area contributed by atoms with Gasteiger partial charge in [-0.3, -0.25) is 0 Å². The number of rotatable bonds is 3. The molecular weight excluding hydrogens is 260 g/mol. The standard InChI is InChI=1S/C14H26N2O2S/c1-9-11(14(2,3)12(9)18-4)16-13(17)15-10-5-7-19-8-6-10/h9-12H,5-8H2,1-4H3,(H2,15,16,17)/t9-,11+,12+/m0/s1. The van der Waals surface area contributed by atoms with Crippen LogP contribution in [0, 0.1) is 11.3 Å². The Balaban J connectivity index is 1.82. The Labute approximate surface area is 120 Å². The summed E-state index contributed by atoms with van der Waals surface area (Å²) in [6.07, 6.45) is 2.40. The molecule has 0 spiro atoms. The largest absolute Gasteiger partial charge is 0.380 e. The number of amides is 2. The van der Waals surface area contributed by atoms with Gasteiger partial charge >= 0.3 is 6.03 Å². The molecule has 2 amide bonds. The van der Waals surface area contributed by atoms with Crippen LogP contribution in [-0.4, -0.2) is 42.8 Å². The van der Waals surface area contributed by atoms with E-state index in [0.29, 0.717) is 12.0 Å². The third-order valence-corrected chi connectivity index (χ3v) is 5.68. The van der Waals surface area contributed by atoms with Crippen molar-refractivity contribution in [2.45, 2.75) is 51.8 Å². The van der Waals surface area contributed by atoms with E-state index < -0.39 is 0 Å². The highest BCUT2D eigenvalue weighted by atomic mass is 32.2. The number of ether oxygens (including phenoxy) is 1. The second-order valence-corrected chi connectivity index (χ2v) is 7.54. The molecule has 3 atom stereocenters. The Morgan fingerprint density at radius 2 is 1.89 bits per heavy atom. The second kappa shape index (κ2) is 5.92. The number of methoxy groups -OCH3 is 1. The number of thioether (sulfide) groups is 1. The molecule has 110 valence electrons. The highest BCUT2D eigenvalue weighted by Gasteiger charge is 2.55. The first kappa shape index (κ1) is 15.0. The molecule has 2 aliphatic rings. The molecule has 1 aliphatic carbocycles. The molecular formula is C14H26N2O2S. The fourth-order valence-corrected chi connectivity index (χ4v) is 4.74. The second-order valence-electron chi connectivity index (χ2n) is 6.32. The summed E-state index contributed by atoms with van der Waals surface area (Å²) in [6.45, 7) is 6.45. The molecule has 1 saturated heterocycles. The van der Waals surface area contributed by atoms with E-state index in [1.165, 1.54) is 0 Å². The number of nitrogens with one attached hydrogen (secondary N) is 2. The van der Waals surface area contributed by atoms with E-state index in [9.17, 15) is 4.79 Å². The van der Waals surface area contributed by atoms with Gasteiger partial charge in [0, 0.05) is 30.5 Å². The molecule has 0 radical (unpaired) electrons. The van der Waals surface area contributed by atoms with Gasteiger partial charge in [-0.25, -0.2) is 4.79 Å². The highest BCUT2D eigenvalue weighted by molar-refractivity contribution is 7.99. The number of carbonyl (C=O) groups is 1. The summed E-state index contributed by atoms with van der Waals surface area (Å²) in [4.78, 5) is 12.1. The summed E-state index contributed by atoms with van der Waals surface area (Å²) in [7, 11) is 1.75. The van der Waals surface area contributed by atoms with Crippen LogP contribution in [0.4, 0.5) is 4.79 Å². The summed E-state index contributed by atoms with van der Waals surface area (Å²) in [5, 5.41) is 6.24. The lowest BCUT2D eigenvalue weighted by atomic mass is 9.58. The molecule has 1 heterocycles. The summed E-state index contributed by atoms with van der Waals surface area (Å²) < 4.78 is 5.50. The Morgan fingerprint density at radius 1 is 1.26 bits per heavy atom. The van der Waals surface area contributed by atoms with Gasteiger partial charge < -0.3 is 15.4 Å². The molecule has 0 unspecified atom stereocenters. The lowest BCUT2D eigenvalue weighted by Crippen LogP contribution is -2.69. The zero-order valence-corrected chi connectivity index (χ0v) is 13.2. The van der Waals surface area contributed by atoms with E-state index in [4.69, 9.17) is 4.74 Å². The van der Waals surface area contributed by atoms with Gasteiger partial charge in [0.15, 0.2) is 0 Å². The Morgan fingerprint density at radius 3 is 2.42 bits per heavy atom. The van der Waals surface area contributed by atoms with E-state index >= 15 is 0 Å². The monoisotopic (exact) mass is 286 g/mol. The highest BCUT2D eigenvalue weighted by Crippen LogP contribution is 2.46. The first-order valence-electron chi connectivity index (χ1n) is 7.14. The summed E-state index contributed by atoms with van der Waals surface area (Å²) in [5.74, 6) is 2.68. The molecule has 19 heavy (non-hydrogen) atoms. The molecule has 2 fully saturated rings. The molecule has 1 aliphatic heterocycles. The average Bonchev–Trinajstić information content (AvgIpc) is 2.37. The lowest BCUT2D eigenvalue weighted by molar-refractivity contribution is -0.140. The van der Waals surface area contributed by atoms with Gasteiger partial charge in [-0.05, 0) is 24.3 Å². The van der Waals surface area contributed by atoms with Gasteiger partial charge in [-0.15, -0.1) is 0 Å². The number of carbonyl (C=O) groups excluding carboxylic acids is 1. The van der Waals surface area contributed by atoms with Crippen molar-refractivity contribution in [3.8, 4) is 0 Å². The van der Waals surface area contributed by atoms with Crippen molar-refractivity contribution in [1.29, 1.82) is 0 Å². The molecule has 0 aromatic heterocycles. The molecule has 2 rings (SSSR count). The lowest BCUT2D eigenvalue weighted by Gasteiger charge is -2.56. The zero-order valence-electron chi connectivity index (χ0n) is 12.4. The normalized spacial score (nSPS) is 34.4. The van der Waals surface area contributed by atoms with E-state index in [1.807, 2.05) is 11.8 Å². The van der Waals surface area contributed by atoms with Crippen molar-refractivity contribution in [3.05, 3.63) is 0 Å². The smallest absolute Gasteiger partial charge is 0.315 e. The molecule has 0 aromatic carbocycles.